The highest BCUT2D eigenvalue weighted by Crippen LogP contribution is 2.26. The molecule has 0 bridgehead atoms. The topological polar surface area (TPSA) is 115 Å². The molecule has 0 saturated heterocycles. The van der Waals surface area contributed by atoms with Crippen molar-refractivity contribution in [3.05, 3.63) is 28.3 Å². The minimum Gasteiger partial charge on any atom is -0.398 e. The van der Waals surface area contributed by atoms with Gasteiger partial charge in [0.2, 0.25) is 5.91 Å². The molecule has 0 aromatic heterocycles. The standard InChI is InChI=1S/C11H16N4O3/c1-7(2)14(6-11(13)16)9-3-8(12)4-10(5-9)15(17)18/h3-5,7H,6,12H2,1-2H3,(H2,13,16). The van der Waals surface area contributed by atoms with Gasteiger partial charge in [-0.1, -0.05) is 0 Å². The van der Waals surface area contributed by atoms with E-state index in [0.29, 0.717) is 5.69 Å². The van der Waals surface area contributed by atoms with E-state index in [1.54, 1.807) is 11.0 Å². The number of nitro groups is 1. The first-order valence-electron chi connectivity index (χ1n) is 5.41. The van der Waals surface area contributed by atoms with Crippen LogP contribution < -0.4 is 16.4 Å². The Bertz CT molecular complexity index is 473. The SMILES string of the molecule is CC(C)N(CC(N)=O)c1cc(N)cc([N+](=O)[O-])c1. The average Bonchev–Trinajstić information content (AvgIpc) is 2.24. The van der Waals surface area contributed by atoms with Gasteiger partial charge in [0.25, 0.3) is 5.69 Å². The smallest absolute Gasteiger partial charge is 0.273 e. The number of benzene rings is 1. The molecule has 1 amide bonds. The number of primary amides is 1. The molecule has 0 spiro atoms. The highest BCUT2D eigenvalue weighted by molar-refractivity contribution is 5.80. The lowest BCUT2D eigenvalue weighted by atomic mass is 10.2. The fourth-order valence-electron chi connectivity index (χ4n) is 1.63. The minimum atomic E-state index is -0.525. The van der Waals surface area contributed by atoms with Crippen molar-refractivity contribution in [2.24, 2.45) is 5.73 Å². The van der Waals surface area contributed by atoms with E-state index in [4.69, 9.17) is 11.5 Å². The van der Waals surface area contributed by atoms with Gasteiger partial charge in [0.1, 0.15) is 0 Å². The molecule has 0 aliphatic rings. The Labute approximate surface area is 105 Å². The van der Waals surface area contributed by atoms with Crippen molar-refractivity contribution in [1.29, 1.82) is 0 Å². The Morgan fingerprint density at radius 2 is 2.06 bits per heavy atom. The second-order valence-corrected chi connectivity index (χ2v) is 4.23. The number of amides is 1. The molecule has 0 aliphatic carbocycles. The summed E-state index contributed by atoms with van der Waals surface area (Å²) >= 11 is 0. The van der Waals surface area contributed by atoms with Gasteiger partial charge in [-0.05, 0) is 19.9 Å². The maximum absolute atomic E-state index is 11.0. The molecule has 98 valence electrons. The maximum atomic E-state index is 11.0. The molecule has 0 radical (unpaired) electrons. The first kappa shape index (κ1) is 13.8. The van der Waals surface area contributed by atoms with Crippen LogP contribution in [0.3, 0.4) is 0 Å². The molecule has 0 atom stereocenters. The molecule has 0 aliphatic heterocycles. The zero-order chi connectivity index (χ0) is 13.9. The summed E-state index contributed by atoms with van der Waals surface area (Å²) in [6, 6.07) is 4.19. The van der Waals surface area contributed by atoms with E-state index in [2.05, 4.69) is 0 Å². The largest absolute Gasteiger partial charge is 0.398 e. The number of hydrogen-bond acceptors (Lipinski definition) is 5. The van der Waals surface area contributed by atoms with Gasteiger partial charge < -0.3 is 16.4 Å². The molecule has 18 heavy (non-hydrogen) atoms. The third kappa shape index (κ3) is 3.34. The van der Waals surface area contributed by atoms with Gasteiger partial charge in [-0.15, -0.1) is 0 Å². The monoisotopic (exact) mass is 252 g/mol. The van der Waals surface area contributed by atoms with Gasteiger partial charge in [0.15, 0.2) is 0 Å². The highest BCUT2D eigenvalue weighted by atomic mass is 16.6. The number of non-ortho nitro benzene ring substituents is 1. The number of carbonyl (C=O) groups excluding carboxylic acids is 1. The van der Waals surface area contributed by atoms with Crippen LogP contribution in [0.4, 0.5) is 17.1 Å². The van der Waals surface area contributed by atoms with Crippen LogP contribution in [-0.4, -0.2) is 23.4 Å². The van der Waals surface area contributed by atoms with Crippen LogP contribution in [0, 0.1) is 10.1 Å². The lowest BCUT2D eigenvalue weighted by Gasteiger charge is -2.27. The van der Waals surface area contributed by atoms with Crippen molar-refractivity contribution in [2.45, 2.75) is 19.9 Å². The Morgan fingerprint density at radius 3 is 2.50 bits per heavy atom. The summed E-state index contributed by atoms with van der Waals surface area (Å²) in [7, 11) is 0. The van der Waals surface area contributed by atoms with E-state index in [-0.39, 0.29) is 24.0 Å². The summed E-state index contributed by atoms with van der Waals surface area (Å²) in [5.41, 5.74) is 11.4. The van der Waals surface area contributed by atoms with Crippen molar-refractivity contribution in [3.63, 3.8) is 0 Å². The molecular formula is C11H16N4O3. The second-order valence-electron chi connectivity index (χ2n) is 4.23. The summed E-state index contributed by atoms with van der Waals surface area (Å²) < 4.78 is 0. The molecular weight excluding hydrogens is 236 g/mol. The summed E-state index contributed by atoms with van der Waals surface area (Å²) in [6.45, 7) is 3.70. The van der Waals surface area contributed by atoms with Crippen LogP contribution in [0.25, 0.3) is 0 Å². The number of rotatable bonds is 5. The zero-order valence-corrected chi connectivity index (χ0v) is 10.3. The maximum Gasteiger partial charge on any atom is 0.273 e. The third-order valence-corrected chi connectivity index (χ3v) is 2.42. The van der Waals surface area contributed by atoms with Crippen molar-refractivity contribution < 1.29 is 9.72 Å². The van der Waals surface area contributed by atoms with Crippen LogP contribution >= 0.6 is 0 Å². The lowest BCUT2D eigenvalue weighted by Crippen LogP contribution is -2.38. The first-order chi connectivity index (χ1) is 8.31. The third-order valence-electron chi connectivity index (χ3n) is 2.42. The summed E-state index contributed by atoms with van der Waals surface area (Å²) in [5.74, 6) is -0.506. The van der Waals surface area contributed by atoms with E-state index < -0.39 is 10.8 Å². The van der Waals surface area contributed by atoms with Crippen molar-refractivity contribution in [2.75, 3.05) is 17.2 Å². The quantitative estimate of drug-likeness (QED) is 0.458. The number of nitro benzene ring substituents is 1. The van der Waals surface area contributed by atoms with E-state index in [1.807, 2.05) is 13.8 Å². The van der Waals surface area contributed by atoms with Crippen LogP contribution in [0.2, 0.25) is 0 Å². The lowest BCUT2D eigenvalue weighted by molar-refractivity contribution is -0.384. The number of nitrogens with zero attached hydrogens (tertiary/aromatic N) is 2. The van der Waals surface area contributed by atoms with Gasteiger partial charge in [-0.2, -0.15) is 0 Å². The Balaban J connectivity index is 3.19. The van der Waals surface area contributed by atoms with E-state index in [1.165, 1.54) is 12.1 Å². The molecule has 0 heterocycles. The number of nitrogen functional groups attached to an aromatic ring is 1. The molecule has 1 rings (SSSR count). The second kappa shape index (κ2) is 5.35. The number of hydrogen-bond donors (Lipinski definition) is 2. The molecule has 0 unspecified atom stereocenters. The van der Waals surface area contributed by atoms with E-state index >= 15 is 0 Å². The molecule has 7 nitrogen and oxygen atoms in total. The van der Waals surface area contributed by atoms with E-state index in [9.17, 15) is 14.9 Å². The fraction of sp³-hybridized carbons (Fsp3) is 0.364. The van der Waals surface area contributed by atoms with Gasteiger partial charge in [0.05, 0.1) is 11.5 Å². The Morgan fingerprint density at radius 1 is 1.44 bits per heavy atom. The molecule has 4 N–H and O–H groups in total. The predicted octanol–water partition coefficient (Wildman–Crippen LogP) is 0.877. The van der Waals surface area contributed by atoms with E-state index in [0.717, 1.165) is 0 Å². The minimum absolute atomic E-state index is 0.0156. The summed E-state index contributed by atoms with van der Waals surface area (Å²) in [4.78, 5) is 22.9. The highest BCUT2D eigenvalue weighted by Gasteiger charge is 2.17. The Kier molecular flexibility index (Phi) is 4.09. The fourth-order valence-corrected chi connectivity index (χ4v) is 1.63. The first-order valence-corrected chi connectivity index (χ1v) is 5.41. The number of anilines is 2. The van der Waals surface area contributed by atoms with Gasteiger partial charge in [0, 0.05) is 29.5 Å². The molecule has 0 fully saturated rings. The molecule has 1 aromatic carbocycles. The van der Waals surface area contributed by atoms with Gasteiger partial charge >= 0.3 is 0 Å². The van der Waals surface area contributed by atoms with Crippen LogP contribution in [0.15, 0.2) is 18.2 Å². The number of carbonyl (C=O) groups is 1. The van der Waals surface area contributed by atoms with Crippen LogP contribution in [-0.2, 0) is 4.79 Å². The molecule has 0 saturated carbocycles. The van der Waals surface area contributed by atoms with Gasteiger partial charge in [-0.3, -0.25) is 14.9 Å². The normalized spacial score (nSPS) is 10.4. The van der Waals surface area contributed by atoms with Gasteiger partial charge in [-0.25, -0.2) is 0 Å². The summed E-state index contributed by atoms with van der Waals surface area (Å²) in [6.07, 6.45) is 0. The Hall–Kier alpha value is -2.31. The van der Waals surface area contributed by atoms with Crippen molar-refractivity contribution >= 4 is 23.0 Å². The zero-order valence-electron chi connectivity index (χ0n) is 10.3. The molecule has 7 heteroatoms. The average molecular weight is 252 g/mol. The number of nitrogens with two attached hydrogens (primary N) is 2. The predicted molar refractivity (Wildman–Crippen MR) is 69.2 cm³/mol. The van der Waals surface area contributed by atoms with Crippen LogP contribution in [0.1, 0.15) is 13.8 Å². The molecule has 1 aromatic rings. The van der Waals surface area contributed by atoms with Crippen molar-refractivity contribution in [3.8, 4) is 0 Å². The van der Waals surface area contributed by atoms with Crippen LogP contribution in [0.5, 0.6) is 0 Å². The summed E-state index contributed by atoms with van der Waals surface area (Å²) in [5, 5.41) is 10.8. The van der Waals surface area contributed by atoms with Crippen molar-refractivity contribution in [1.82, 2.24) is 0 Å².